The summed E-state index contributed by atoms with van der Waals surface area (Å²) in [5.74, 6) is 1.49. The van der Waals surface area contributed by atoms with E-state index >= 15 is 0 Å². The Balaban J connectivity index is 0.00000338. The van der Waals surface area contributed by atoms with Crippen molar-refractivity contribution in [2.75, 3.05) is 33.5 Å². The monoisotopic (exact) mass is 497 g/mol. The second-order valence-corrected chi connectivity index (χ2v) is 6.45. The van der Waals surface area contributed by atoms with Gasteiger partial charge in [-0.05, 0) is 32.4 Å². The van der Waals surface area contributed by atoms with Crippen molar-refractivity contribution in [1.82, 2.24) is 10.6 Å². The molecule has 1 aliphatic heterocycles. The maximum atomic E-state index is 6.00. The number of hydrogen-bond acceptors (Lipinski definition) is 4. The van der Waals surface area contributed by atoms with E-state index in [1.165, 1.54) is 0 Å². The standard InChI is InChI=1S/C18H28ClN3O3.HI/c1-4-20-18(22-13(2)11-25-16-7-8-24-12-16)21-10-14-5-6-15(19)9-17(14)23-3;/h5-6,9,13,16H,4,7-8,10-12H2,1-3H3,(H2,20,21,22);1H. The summed E-state index contributed by atoms with van der Waals surface area (Å²) < 4.78 is 16.5. The van der Waals surface area contributed by atoms with E-state index in [2.05, 4.69) is 22.5 Å². The minimum Gasteiger partial charge on any atom is -0.496 e. The highest BCUT2D eigenvalue weighted by Crippen LogP contribution is 2.23. The first-order valence-corrected chi connectivity index (χ1v) is 9.06. The van der Waals surface area contributed by atoms with Gasteiger partial charge in [-0.25, -0.2) is 4.99 Å². The number of aliphatic imine (C=N–C) groups is 1. The van der Waals surface area contributed by atoms with Crippen LogP contribution in [0.3, 0.4) is 0 Å². The van der Waals surface area contributed by atoms with E-state index in [-0.39, 0.29) is 36.1 Å². The highest BCUT2D eigenvalue weighted by atomic mass is 127. The van der Waals surface area contributed by atoms with Gasteiger partial charge in [0.05, 0.1) is 33.0 Å². The lowest BCUT2D eigenvalue weighted by atomic mass is 10.2. The molecule has 1 saturated heterocycles. The van der Waals surface area contributed by atoms with Crippen LogP contribution in [0.4, 0.5) is 0 Å². The topological polar surface area (TPSA) is 64.1 Å². The summed E-state index contributed by atoms with van der Waals surface area (Å²) in [6.07, 6.45) is 1.18. The fourth-order valence-electron chi connectivity index (χ4n) is 2.53. The van der Waals surface area contributed by atoms with Gasteiger partial charge < -0.3 is 24.8 Å². The third-order valence-electron chi connectivity index (χ3n) is 3.85. The van der Waals surface area contributed by atoms with E-state index in [9.17, 15) is 0 Å². The van der Waals surface area contributed by atoms with E-state index in [0.717, 1.165) is 36.8 Å². The minimum atomic E-state index is 0. The van der Waals surface area contributed by atoms with Gasteiger partial charge in [0.25, 0.3) is 0 Å². The third kappa shape index (κ3) is 7.85. The number of nitrogens with zero attached hydrogens (tertiary/aromatic N) is 1. The zero-order valence-corrected chi connectivity index (χ0v) is 18.7. The Morgan fingerprint density at radius 1 is 1.46 bits per heavy atom. The number of benzene rings is 1. The zero-order chi connectivity index (χ0) is 18.1. The lowest BCUT2D eigenvalue weighted by molar-refractivity contribution is 0.0347. The molecule has 6 nitrogen and oxygen atoms in total. The second kappa shape index (κ2) is 12.6. The largest absolute Gasteiger partial charge is 0.496 e. The molecule has 1 aromatic carbocycles. The van der Waals surface area contributed by atoms with Gasteiger partial charge in [0, 0.05) is 29.8 Å². The van der Waals surface area contributed by atoms with Crippen molar-refractivity contribution in [3.8, 4) is 5.75 Å². The van der Waals surface area contributed by atoms with Crippen LogP contribution in [0, 0.1) is 0 Å². The number of hydrogen-bond donors (Lipinski definition) is 2. The average molecular weight is 498 g/mol. The minimum absolute atomic E-state index is 0. The predicted molar refractivity (Wildman–Crippen MR) is 116 cm³/mol. The zero-order valence-electron chi connectivity index (χ0n) is 15.6. The summed E-state index contributed by atoms with van der Waals surface area (Å²) in [5, 5.41) is 7.27. The molecule has 0 saturated carbocycles. The number of ether oxygens (including phenoxy) is 3. The first-order chi connectivity index (χ1) is 12.1. The normalized spacial score (nSPS) is 18.2. The Kier molecular flexibility index (Phi) is 11.3. The maximum absolute atomic E-state index is 6.00. The van der Waals surface area contributed by atoms with Gasteiger partial charge in [-0.1, -0.05) is 17.7 Å². The Labute approximate surface area is 178 Å². The molecule has 26 heavy (non-hydrogen) atoms. The lowest BCUT2D eigenvalue weighted by Gasteiger charge is -2.19. The van der Waals surface area contributed by atoms with Crippen LogP contribution in [0.15, 0.2) is 23.2 Å². The van der Waals surface area contributed by atoms with Crippen LogP contribution in [0.1, 0.15) is 25.8 Å². The quantitative estimate of drug-likeness (QED) is 0.328. The van der Waals surface area contributed by atoms with Crippen molar-refractivity contribution in [2.45, 2.75) is 39.0 Å². The third-order valence-corrected chi connectivity index (χ3v) is 4.09. The van der Waals surface area contributed by atoms with E-state index in [4.69, 9.17) is 25.8 Å². The Bertz CT molecular complexity index is 569. The molecule has 2 unspecified atom stereocenters. The highest BCUT2D eigenvalue weighted by Gasteiger charge is 2.17. The van der Waals surface area contributed by atoms with Crippen molar-refractivity contribution in [3.05, 3.63) is 28.8 Å². The summed E-state index contributed by atoms with van der Waals surface area (Å²) in [4.78, 5) is 4.63. The molecular formula is C18H29ClIN3O3. The fraction of sp³-hybridized carbons (Fsp3) is 0.611. The highest BCUT2D eigenvalue weighted by molar-refractivity contribution is 14.0. The van der Waals surface area contributed by atoms with Crippen molar-refractivity contribution in [2.24, 2.45) is 4.99 Å². The smallest absolute Gasteiger partial charge is 0.191 e. The summed E-state index contributed by atoms with van der Waals surface area (Å²) >= 11 is 6.00. The molecule has 0 aliphatic carbocycles. The van der Waals surface area contributed by atoms with Gasteiger partial charge in [0.1, 0.15) is 5.75 Å². The van der Waals surface area contributed by atoms with Crippen LogP contribution in [-0.4, -0.2) is 51.6 Å². The first kappa shape index (κ1) is 23.3. The SMILES string of the molecule is CCNC(=NCc1ccc(Cl)cc1OC)NC(C)COC1CCOC1.I. The molecule has 2 N–H and O–H groups in total. The second-order valence-electron chi connectivity index (χ2n) is 6.02. The molecule has 0 amide bonds. The Morgan fingerprint density at radius 3 is 2.92 bits per heavy atom. The number of halogens is 2. The molecule has 2 rings (SSSR count). The van der Waals surface area contributed by atoms with Gasteiger partial charge in [0.15, 0.2) is 5.96 Å². The maximum Gasteiger partial charge on any atom is 0.191 e. The first-order valence-electron chi connectivity index (χ1n) is 8.69. The molecule has 1 fully saturated rings. The van der Waals surface area contributed by atoms with Gasteiger partial charge in [-0.3, -0.25) is 0 Å². The van der Waals surface area contributed by atoms with Crippen molar-refractivity contribution < 1.29 is 14.2 Å². The van der Waals surface area contributed by atoms with Gasteiger partial charge in [-0.2, -0.15) is 0 Å². The van der Waals surface area contributed by atoms with Gasteiger partial charge >= 0.3 is 0 Å². The molecule has 0 bridgehead atoms. The number of guanidine groups is 1. The molecule has 1 heterocycles. The lowest BCUT2D eigenvalue weighted by Crippen LogP contribution is -2.44. The van der Waals surface area contributed by atoms with Crippen LogP contribution in [0.2, 0.25) is 5.02 Å². The Hall–Kier alpha value is -0.770. The average Bonchev–Trinajstić information content (AvgIpc) is 3.12. The van der Waals surface area contributed by atoms with Crippen LogP contribution in [-0.2, 0) is 16.0 Å². The summed E-state index contributed by atoms with van der Waals surface area (Å²) in [7, 11) is 1.63. The molecule has 0 radical (unpaired) electrons. The Morgan fingerprint density at radius 2 is 2.27 bits per heavy atom. The van der Waals surface area contributed by atoms with Crippen molar-refractivity contribution in [3.63, 3.8) is 0 Å². The molecule has 1 aliphatic rings. The predicted octanol–water partition coefficient (Wildman–Crippen LogP) is 3.22. The number of nitrogens with one attached hydrogen (secondary N) is 2. The number of rotatable bonds is 8. The van der Waals surface area contributed by atoms with E-state index in [0.29, 0.717) is 24.8 Å². The molecule has 0 aromatic heterocycles. The molecular weight excluding hydrogens is 469 g/mol. The van der Waals surface area contributed by atoms with E-state index in [1.807, 2.05) is 19.1 Å². The molecule has 1 aromatic rings. The van der Waals surface area contributed by atoms with Crippen LogP contribution >= 0.6 is 35.6 Å². The van der Waals surface area contributed by atoms with Crippen molar-refractivity contribution in [1.29, 1.82) is 0 Å². The summed E-state index contributed by atoms with van der Waals surface area (Å²) in [6, 6.07) is 5.72. The molecule has 8 heteroatoms. The molecule has 148 valence electrons. The van der Waals surface area contributed by atoms with Crippen molar-refractivity contribution >= 4 is 41.5 Å². The number of methoxy groups -OCH3 is 1. The molecule has 2 atom stereocenters. The van der Waals surface area contributed by atoms with Crippen LogP contribution in [0.25, 0.3) is 0 Å². The molecule has 0 spiro atoms. The summed E-state index contributed by atoms with van der Waals surface area (Å²) in [5.41, 5.74) is 0.983. The van der Waals surface area contributed by atoms with Crippen LogP contribution in [0.5, 0.6) is 5.75 Å². The van der Waals surface area contributed by atoms with Gasteiger partial charge in [-0.15, -0.1) is 24.0 Å². The summed E-state index contributed by atoms with van der Waals surface area (Å²) in [6.45, 7) is 7.50. The van der Waals surface area contributed by atoms with E-state index < -0.39 is 0 Å². The van der Waals surface area contributed by atoms with Crippen LogP contribution < -0.4 is 15.4 Å². The van der Waals surface area contributed by atoms with E-state index in [1.54, 1.807) is 13.2 Å². The fourth-order valence-corrected chi connectivity index (χ4v) is 2.70. The van der Waals surface area contributed by atoms with Gasteiger partial charge in [0.2, 0.25) is 0 Å².